The van der Waals surface area contributed by atoms with Gasteiger partial charge in [-0.25, -0.2) is 0 Å². The maximum absolute atomic E-state index is 11.2. The van der Waals surface area contributed by atoms with Crippen LogP contribution in [0.15, 0.2) is 0 Å². The van der Waals surface area contributed by atoms with E-state index in [2.05, 4.69) is 0 Å². The first-order valence-corrected chi connectivity index (χ1v) is 4.30. The molecule has 0 aliphatic rings. The fourth-order valence-corrected chi connectivity index (χ4v) is 0. The van der Waals surface area contributed by atoms with Crippen LogP contribution in [0.4, 0.5) is 8.39 Å². The van der Waals surface area contributed by atoms with Crippen LogP contribution in [0.2, 0.25) is 0 Å². The van der Waals surface area contributed by atoms with E-state index in [0.29, 0.717) is 20.8 Å². The topological polar surface area (TPSA) is 3.24 Å². The van der Waals surface area contributed by atoms with Gasteiger partial charge in [-0.3, -0.25) is 4.00 Å². The highest BCUT2D eigenvalue weighted by Gasteiger charge is 2.02. The highest BCUT2D eigenvalue weighted by atomic mass is 31.2. The van der Waals surface area contributed by atoms with Crippen LogP contribution in [0.5, 0.6) is 0 Å². The summed E-state index contributed by atoms with van der Waals surface area (Å²) >= 11 is 0. The standard InChI is InChI=1S/F2H6NPSi2/c1-4(2)3(5)6/h5-6H3. The molecule has 0 rings (SSSR count). The largest absolute Gasteiger partial charge is 0.331 e. The molecule has 0 aliphatic carbocycles. The summed E-state index contributed by atoms with van der Waals surface area (Å²) in [7, 11) is -1.65. The fraction of sp³-hybridized carbons (Fsp3) is 0. The van der Waals surface area contributed by atoms with Crippen molar-refractivity contribution in [3.63, 3.8) is 0 Å². The first-order valence-electron chi connectivity index (χ1n) is 1.43. The van der Waals surface area contributed by atoms with Crippen molar-refractivity contribution in [1.82, 2.24) is 4.00 Å². The smallest absolute Gasteiger partial charge is 0.290 e. The summed E-state index contributed by atoms with van der Waals surface area (Å²) in [6.45, 7) is 0. The molecular formula is H6F2NPSi2. The number of halogens is 2. The molecule has 0 aliphatic heterocycles. The minimum atomic E-state index is -2.70. The van der Waals surface area contributed by atoms with Gasteiger partial charge in [0.05, 0.1) is 20.8 Å². The maximum atomic E-state index is 11.2. The van der Waals surface area contributed by atoms with Gasteiger partial charge >= 0.3 is 8.69 Å². The predicted molar refractivity (Wildman–Crippen MR) is 30.9 cm³/mol. The average molecular weight is 145 g/mol. The summed E-state index contributed by atoms with van der Waals surface area (Å²) in [5.41, 5.74) is 0. The van der Waals surface area contributed by atoms with Gasteiger partial charge in [-0.05, 0) is 0 Å². The minimum Gasteiger partial charge on any atom is -0.290 e. The van der Waals surface area contributed by atoms with Crippen LogP contribution < -0.4 is 0 Å². The number of rotatable bonds is 1. The van der Waals surface area contributed by atoms with Crippen LogP contribution in [-0.2, 0) is 0 Å². The molecule has 0 unspecified atom stereocenters. The third-order valence-corrected chi connectivity index (χ3v) is 2.72. The second-order valence-corrected chi connectivity index (χ2v) is 8.27. The van der Waals surface area contributed by atoms with Gasteiger partial charge in [0, 0.05) is 0 Å². The normalized spacial score (nSPS) is 12.0. The maximum Gasteiger partial charge on any atom is 0.331 e. The molecule has 0 amide bonds. The summed E-state index contributed by atoms with van der Waals surface area (Å²) in [4.78, 5) is 0. The third-order valence-electron chi connectivity index (χ3n) is 0.302. The summed E-state index contributed by atoms with van der Waals surface area (Å²) in [6, 6.07) is 0. The molecule has 38 valence electrons. The van der Waals surface area contributed by atoms with Gasteiger partial charge in [0.2, 0.25) is 0 Å². The SMILES string of the molecule is FP(F)N([SiH3])[SiH3]. The van der Waals surface area contributed by atoms with Gasteiger partial charge in [0.1, 0.15) is 0 Å². The lowest BCUT2D eigenvalue weighted by atomic mass is 13.8. The zero-order valence-corrected chi connectivity index (χ0v) is 8.54. The zero-order chi connectivity index (χ0) is 5.15. The van der Waals surface area contributed by atoms with Crippen molar-refractivity contribution in [3.05, 3.63) is 0 Å². The fourth-order valence-electron chi connectivity index (χ4n) is 0. The van der Waals surface area contributed by atoms with Crippen molar-refractivity contribution >= 4 is 29.5 Å². The Balaban J connectivity index is 2.99. The predicted octanol–water partition coefficient (Wildman–Crippen LogP) is -0.985. The highest BCUT2D eigenvalue weighted by Crippen LogP contribution is 2.39. The van der Waals surface area contributed by atoms with Crippen molar-refractivity contribution in [2.24, 2.45) is 0 Å². The van der Waals surface area contributed by atoms with Gasteiger partial charge in [-0.15, -0.1) is 0 Å². The molecule has 1 nitrogen and oxygen atoms in total. The first-order chi connectivity index (χ1) is 2.64. The summed E-state index contributed by atoms with van der Waals surface area (Å²) in [5.74, 6) is 0. The van der Waals surface area contributed by atoms with Crippen LogP contribution in [0, 0.1) is 0 Å². The molecule has 0 aromatic rings. The molecule has 0 saturated carbocycles. The molecule has 0 atom stereocenters. The molecule has 0 saturated heterocycles. The monoisotopic (exact) mass is 145 g/mol. The third kappa shape index (κ3) is 2.90. The van der Waals surface area contributed by atoms with E-state index in [1.54, 1.807) is 0 Å². The lowest BCUT2D eigenvalue weighted by Crippen LogP contribution is -2.02. The molecule has 0 heterocycles. The molecular weight excluding hydrogens is 139 g/mol. The Hall–Kier alpha value is 0.684. The minimum absolute atomic E-state index is 0.527. The van der Waals surface area contributed by atoms with Crippen molar-refractivity contribution in [2.75, 3.05) is 0 Å². The second-order valence-electron chi connectivity index (χ2n) is 1.06. The van der Waals surface area contributed by atoms with Gasteiger partial charge in [-0.1, -0.05) is 0 Å². The van der Waals surface area contributed by atoms with E-state index in [1.807, 2.05) is 0 Å². The summed E-state index contributed by atoms with van der Waals surface area (Å²) in [5, 5.41) is 0. The number of nitrogens with zero attached hydrogens (tertiary/aromatic N) is 1. The second kappa shape index (κ2) is 2.79. The molecule has 0 aromatic carbocycles. The van der Waals surface area contributed by atoms with E-state index < -0.39 is 8.69 Å². The van der Waals surface area contributed by atoms with Crippen LogP contribution in [0.1, 0.15) is 0 Å². The molecule has 6 heteroatoms. The van der Waals surface area contributed by atoms with E-state index in [-0.39, 0.29) is 0 Å². The molecule has 0 N–H and O–H groups in total. The van der Waals surface area contributed by atoms with Crippen LogP contribution in [-0.4, -0.2) is 24.8 Å². The molecule has 0 radical (unpaired) electrons. The van der Waals surface area contributed by atoms with Crippen molar-refractivity contribution in [1.29, 1.82) is 0 Å². The van der Waals surface area contributed by atoms with Crippen molar-refractivity contribution in [2.45, 2.75) is 0 Å². The quantitative estimate of drug-likeness (QED) is 0.338. The van der Waals surface area contributed by atoms with Gasteiger partial charge < -0.3 is 0 Å². The zero-order valence-electron chi connectivity index (χ0n) is 3.65. The van der Waals surface area contributed by atoms with Crippen LogP contribution in [0.25, 0.3) is 0 Å². The Bertz CT molecular complexity index is 32.5. The summed E-state index contributed by atoms with van der Waals surface area (Å²) < 4.78 is 23.6. The van der Waals surface area contributed by atoms with Gasteiger partial charge in [-0.2, -0.15) is 8.39 Å². The van der Waals surface area contributed by atoms with Crippen molar-refractivity contribution < 1.29 is 8.39 Å². The number of hydrogen-bond donors (Lipinski definition) is 0. The van der Waals surface area contributed by atoms with E-state index in [0.717, 1.165) is 0 Å². The summed E-state index contributed by atoms with van der Waals surface area (Å²) in [6.07, 6.45) is 0. The van der Waals surface area contributed by atoms with Crippen LogP contribution in [0.3, 0.4) is 0 Å². The average Bonchev–Trinajstić information content (AvgIpc) is 1.36. The van der Waals surface area contributed by atoms with E-state index in [1.165, 1.54) is 4.00 Å². The molecule has 6 heavy (non-hydrogen) atoms. The Morgan fingerprint density at radius 2 is 1.50 bits per heavy atom. The van der Waals surface area contributed by atoms with E-state index in [9.17, 15) is 8.39 Å². The highest BCUT2D eigenvalue weighted by molar-refractivity contribution is 7.46. The molecule has 0 bridgehead atoms. The van der Waals surface area contributed by atoms with E-state index in [4.69, 9.17) is 0 Å². The first kappa shape index (κ1) is 6.68. The number of hydrogen-bond acceptors (Lipinski definition) is 1. The van der Waals surface area contributed by atoms with Crippen molar-refractivity contribution in [3.8, 4) is 0 Å². The Morgan fingerprint density at radius 1 is 1.33 bits per heavy atom. The molecule has 0 spiro atoms. The Morgan fingerprint density at radius 3 is 1.50 bits per heavy atom. The Labute approximate surface area is 42.8 Å². The molecule has 0 aromatic heterocycles. The lowest BCUT2D eigenvalue weighted by molar-refractivity contribution is 0.700. The molecule has 0 fully saturated rings. The Kier molecular flexibility index (Phi) is 3.11. The lowest BCUT2D eigenvalue weighted by Gasteiger charge is -2.02. The van der Waals surface area contributed by atoms with E-state index >= 15 is 0 Å². The van der Waals surface area contributed by atoms with Gasteiger partial charge in [0.25, 0.3) is 0 Å². The van der Waals surface area contributed by atoms with Crippen LogP contribution >= 0.6 is 8.69 Å². The van der Waals surface area contributed by atoms with Gasteiger partial charge in [0.15, 0.2) is 0 Å².